The molecule has 0 bridgehead atoms. The second-order valence-electron chi connectivity index (χ2n) is 7.32. The number of aromatic nitrogens is 3. The Morgan fingerprint density at radius 1 is 1.09 bits per heavy atom. The van der Waals surface area contributed by atoms with Gasteiger partial charge >= 0.3 is 0 Å². The molecular weight excluding hydrogens is 444 g/mol. The molecule has 32 heavy (non-hydrogen) atoms. The van der Waals surface area contributed by atoms with Crippen molar-refractivity contribution in [3.63, 3.8) is 0 Å². The SMILES string of the molecule is Cc1ccc(-c2cc(Oc3nc(Cl)cs3)cc(C(=O)NCCc3ccc(C)nc3)c2)nc1. The minimum atomic E-state index is -0.193. The van der Waals surface area contributed by atoms with Crippen LogP contribution in [0.1, 0.15) is 27.2 Å². The van der Waals surface area contributed by atoms with E-state index in [-0.39, 0.29) is 5.91 Å². The normalized spacial score (nSPS) is 10.7. The average molecular weight is 465 g/mol. The van der Waals surface area contributed by atoms with Crippen LogP contribution < -0.4 is 10.1 Å². The molecule has 0 spiro atoms. The molecule has 4 rings (SSSR count). The second-order valence-corrected chi connectivity index (χ2v) is 8.53. The summed E-state index contributed by atoms with van der Waals surface area (Å²) in [5.74, 6) is 0.296. The topological polar surface area (TPSA) is 77.0 Å². The van der Waals surface area contributed by atoms with E-state index in [4.69, 9.17) is 16.3 Å². The average Bonchev–Trinajstić information content (AvgIpc) is 3.19. The van der Waals surface area contributed by atoms with E-state index in [2.05, 4.69) is 20.3 Å². The molecule has 0 saturated carbocycles. The van der Waals surface area contributed by atoms with Gasteiger partial charge in [-0.1, -0.05) is 35.1 Å². The molecule has 0 fully saturated rings. The molecule has 0 aliphatic rings. The van der Waals surface area contributed by atoms with E-state index in [9.17, 15) is 4.79 Å². The molecule has 4 aromatic rings. The minimum absolute atomic E-state index is 0.193. The maximum Gasteiger partial charge on any atom is 0.280 e. The summed E-state index contributed by atoms with van der Waals surface area (Å²) in [5.41, 5.74) is 5.09. The van der Waals surface area contributed by atoms with Crippen LogP contribution in [0.15, 0.2) is 60.2 Å². The summed E-state index contributed by atoms with van der Waals surface area (Å²) in [6, 6.07) is 13.2. The zero-order chi connectivity index (χ0) is 22.5. The maximum absolute atomic E-state index is 12.9. The van der Waals surface area contributed by atoms with Crippen LogP contribution >= 0.6 is 22.9 Å². The summed E-state index contributed by atoms with van der Waals surface area (Å²) < 4.78 is 5.87. The summed E-state index contributed by atoms with van der Waals surface area (Å²) in [4.78, 5) is 25.8. The van der Waals surface area contributed by atoms with Crippen LogP contribution in [0.2, 0.25) is 5.15 Å². The molecule has 3 aromatic heterocycles. The van der Waals surface area contributed by atoms with E-state index < -0.39 is 0 Å². The van der Waals surface area contributed by atoms with E-state index in [1.807, 2.05) is 56.4 Å². The van der Waals surface area contributed by atoms with Gasteiger partial charge in [0.2, 0.25) is 0 Å². The Bertz CT molecular complexity index is 1220. The van der Waals surface area contributed by atoms with Crippen molar-refractivity contribution < 1.29 is 9.53 Å². The lowest BCUT2D eigenvalue weighted by molar-refractivity contribution is 0.0954. The van der Waals surface area contributed by atoms with E-state index >= 15 is 0 Å². The van der Waals surface area contributed by atoms with Gasteiger partial charge in [0, 0.05) is 41.1 Å². The Morgan fingerprint density at radius 3 is 2.66 bits per heavy atom. The first-order chi connectivity index (χ1) is 15.5. The highest BCUT2D eigenvalue weighted by atomic mass is 35.5. The zero-order valence-corrected chi connectivity index (χ0v) is 19.2. The first-order valence-corrected chi connectivity index (χ1v) is 11.3. The van der Waals surface area contributed by atoms with Crippen molar-refractivity contribution in [3.05, 3.63) is 87.8 Å². The number of thiazole rings is 1. The Morgan fingerprint density at radius 2 is 1.97 bits per heavy atom. The number of rotatable bonds is 7. The number of aryl methyl sites for hydroxylation is 2. The smallest absolute Gasteiger partial charge is 0.280 e. The van der Waals surface area contributed by atoms with Gasteiger partial charge < -0.3 is 10.1 Å². The zero-order valence-electron chi connectivity index (χ0n) is 17.6. The fourth-order valence-corrected chi connectivity index (χ4v) is 3.84. The standard InChI is InChI=1S/C24H21ClN4O2S/c1-15-3-6-21(28-12-15)18-9-19(11-20(10-18)31-24-29-22(25)14-32-24)23(30)26-8-7-17-5-4-16(2)27-13-17/h3-6,9-14H,7-8H2,1-2H3,(H,26,30). The number of benzene rings is 1. The molecule has 0 aliphatic carbocycles. The van der Waals surface area contributed by atoms with Gasteiger partial charge in [-0.3, -0.25) is 14.8 Å². The number of ether oxygens (including phenoxy) is 1. The van der Waals surface area contributed by atoms with Crippen molar-refractivity contribution >= 4 is 28.8 Å². The maximum atomic E-state index is 12.9. The highest BCUT2D eigenvalue weighted by Gasteiger charge is 2.13. The molecule has 0 atom stereocenters. The van der Waals surface area contributed by atoms with Crippen molar-refractivity contribution in [2.75, 3.05) is 6.54 Å². The van der Waals surface area contributed by atoms with E-state index in [1.165, 1.54) is 11.3 Å². The number of hydrogen-bond donors (Lipinski definition) is 1. The summed E-state index contributed by atoms with van der Waals surface area (Å²) in [6.45, 7) is 4.42. The van der Waals surface area contributed by atoms with Gasteiger partial charge in [0.1, 0.15) is 10.9 Å². The number of amides is 1. The predicted octanol–water partition coefficient (Wildman–Crippen LogP) is 5.64. The highest BCUT2D eigenvalue weighted by Crippen LogP contribution is 2.31. The van der Waals surface area contributed by atoms with Gasteiger partial charge in [0.05, 0.1) is 5.69 Å². The highest BCUT2D eigenvalue weighted by molar-refractivity contribution is 7.11. The fraction of sp³-hybridized carbons (Fsp3) is 0.167. The molecule has 0 saturated heterocycles. The molecule has 0 unspecified atom stereocenters. The molecule has 8 heteroatoms. The number of pyridine rings is 2. The van der Waals surface area contributed by atoms with Crippen LogP contribution in [0.5, 0.6) is 10.9 Å². The first kappa shape index (κ1) is 21.9. The molecule has 3 heterocycles. The Kier molecular flexibility index (Phi) is 6.78. The lowest BCUT2D eigenvalue weighted by atomic mass is 10.1. The van der Waals surface area contributed by atoms with Gasteiger partial charge in [-0.05, 0) is 61.7 Å². The molecule has 6 nitrogen and oxygen atoms in total. The third kappa shape index (κ3) is 5.69. The van der Waals surface area contributed by atoms with Crippen molar-refractivity contribution in [1.29, 1.82) is 0 Å². The Balaban J connectivity index is 1.55. The fourth-order valence-electron chi connectivity index (χ4n) is 3.03. The minimum Gasteiger partial charge on any atom is -0.431 e. The largest absolute Gasteiger partial charge is 0.431 e. The van der Waals surface area contributed by atoms with E-state index in [0.29, 0.717) is 34.6 Å². The van der Waals surface area contributed by atoms with Crippen molar-refractivity contribution in [1.82, 2.24) is 20.3 Å². The van der Waals surface area contributed by atoms with E-state index in [0.717, 1.165) is 28.1 Å². The van der Waals surface area contributed by atoms with E-state index in [1.54, 1.807) is 17.6 Å². The second kappa shape index (κ2) is 9.89. The number of nitrogens with zero attached hydrogens (tertiary/aromatic N) is 3. The van der Waals surface area contributed by atoms with Gasteiger partial charge in [-0.15, -0.1) is 0 Å². The first-order valence-electron chi connectivity index (χ1n) is 10.0. The van der Waals surface area contributed by atoms with Crippen molar-refractivity contribution in [3.8, 4) is 22.2 Å². The molecule has 1 aromatic carbocycles. The summed E-state index contributed by atoms with van der Waals surface area (Å²) in [7, 11) is 0. The molecule has 0 radical (unpaired) electrons. The Labute approximate surface area is 195 Å². The van der Waals surface area contributed by atoms with Crippen LogP contribution in [0, 0.1) is 13.8 Å². The van der Waals surface area contributed by atoms with Crippen molar-refractivity contribution in [2.24, 2.45) is 0 Å². The lowest BCUT2D eigenvalue weighted by Gasteiger charge is -2.11. The molecule has 162 valence electrons. The predicted molar refractivity (Wildman–Crippen MR) is 127 cm³/mol. The van der Waals surface area contributed by atoms with Gasteiger partial charge in [0.25, 0.3) is 11.1 Å². The monoisotopic (exact) mass is 464 g/mol. The molecular formula is C24H21ClN4O2S. The Hall–Kier alpha value is -3.29. The number of halogens is 1. The summed E-state index contributed by atoms with van der Waals surface area (Å²) in [5, 5.41) is 5.43. The third-order valence-corrected chi connectivity index (χ3v) is 5.75. The third-order valence-electron chi connectivity index (χ3n) is 4.71. The summed E-state index contributed by atoms with van der Waals surface area (Å²) >= 11 is 7.19. The van der Waals surface area contributed by atoms with Crippen LogP contribution in [0.3, 0.4) is 0 Å². The molecule has 0 aliphatic heterocycles. The number of carbonyl (C=O) groups excluding carboxylic acids is 1. The number of carbonyl (C=O) groups is 1. The molecule has 1 N–H and O–H groups in total. The number of nitrogens with one attached hydrogen (secondary N) is 1. The van der Waals surface area contributed by atoms with Crippen LogP contribution in [0.25, 0.3) is 11.3 Å². The van der Waals surface area contributed by atoms with Gasteiger partial charge in [-0.2, -0.15) is 4.98 Å². The van der Waals surface area contributed by atoms with Gasteiger partial charge in [0.15, 0.2) is 0 Å². The van der Waals surface area contributed by atoms with Crippen LogP contribution in [0.4, 0.5) is 0 Å². The quantitative estimate of drug-likeness (QED) is 0.383. The lowest BCUT2D eigenvalue weighted by Crippen LogP contribution is -2.25. The summed E-state index contributed by atoms with van der Waals surface area (Å²) in [6.07, 6.45) is 4.31. The number of hydrogen-bond acceptors (Lipinski definition) is 6. The van der Waals surface area contributed by atoms with Crippen LogP contribution in [-0.4, -0.2) is 27.4 Å². The molecule has 1 amide bonds. The van der Waals surface area contributed by atoms with Crippen LogP contribution in [-0.2, 0) is 6.42 Å². The van der Waals surface area contributed by atoms with Crippen molar-refractivity contribution in [2.45, 2.75) is 20.3 Å². The van der Waals surface area contributed by atoms with Gasteiger partial charge in [-0.25, -0.2) is 0 Å².